The lowest BCUT2D eigenvalue weighted by atomic mass is 10.1. The number of carbonyl (C=O) groups excluding carboxylic acids is 1. The van der Waals surface area contributed by atoms with Crippen LogP contribution in [0, 0.1) is 0 Å². The minimum atomic E-state index is -0.0161. The summed E-state index contributed by atoms with van der Waals surface area (Å²) in [6.07, 6.45) is 2.06. The van der Waals surface area contributed by atoms with Crippen LogP contribution in [0.15, 0.2) is 41.3 Å². The lowest BCUT2D eigenvalue weighted by molar-refractivity contribution is -0.118. The van der Waals surface area contributed by atoms with E-state index in [1.807, 2.05) is 6.07 Å². The number of nitrogens with one attached hydrogen (secondary N) is 1. The third-order valence-corrected chi connectivity index (χ3v) is 5.67. The smallest absolute Gasteiger partial charge is 0.230 e. The highest BCUT2D eigenvalue weighted by atomic mass is 32.2. The second-order valence-corrected chi connectivity index (χ2v) is 7.50. The quantitative estimate of drug-likeness (QED) is 0.601. The van der Waals surface area contributed by atoms with Crippen molar-refractivity contribution in [2.24, 2.45) is 0 Å². The first kappa shape index (κ1) is 21.3. The molecule has 146 valence electrons. The van der Waals surface area contributed by atoms with Gasteiger partial charge in [-0.3, -0.25) is 4.79 Å². The molecule has 27 heavy (non-hydrogen) atoms. The van der Waals surface area contributed by atoms with E-state index in [9.17, 15) is 4.79 Å². The summed E-state index contributed by atoms with van der Waals surface area (Å²) >= 11 is 3.31. The van der Waals surface area contributed by atoms with Gasteiger partial charge in [0.15, 0.2) is 11.5 Å². The van der Waals surface area contributed by atoms with Crippen molar-refractivity contribution in [1.82, 2.24) is 5.32 Å². The molecule has 0 unspecified atom stereocenters. The Morgan fingerprint density at radius 2 is 1.59 bits per heavy atom. The van der Waals surface area contributed by atoms with Crippen molar-refractivity contribution in [2.75, 3.05) is 33.3 Å². The van der Waals surface area contributed by atoms with E-state index in [1.54, 1.807) is 50.9 Å². The van der Waals surface area contributed by atoms with E-state index in [-0.39, 0.29) is 5.91 Å². The molecule has 0 aliphatic heterocycles. The number of ether oxygens (including phenoxy) is 3. The molecule has 0 radical (unpaired) electrons. The van der Waals surface area contributed by atoms with Gasteiger partial charge in [-0.05, 0) is 30.0 Å². The molecule has 0 heterocycles. The van der Waals surface area contributed by atoms with E-state index in [0.717, 1.165) is 11.3 Å². The molecule has 0 bridgehead atoms. The van der Waals surface area contributed by atoms with Crippen LogP contribution in [0.4, 0.5) is 0 Å². The molecule has 5 nitrogen and oxygen atoms in total. The van der Waals surface area contributed by atoms with Gasteiger partial charge in [0, 0.05) is 28.8 Å². The molecule has 2 aromatic carbocycles. The zero-order valence-electron chi connectivity index (χ0n) is 16.0. The van der Waals surface area contributed by atoms with Gasteiger partial charge in [0.05, 0.1) is 27.1 Å². The molecule has 0 saturated heterocycles. The maximum absolute atomic E-state index is 12.2. The first-order valence-electron chi connectivity index (χ1n) is 8.37. The van der Waals surface area contributed by atoms with E-state index in [2.05, 4.69) is 35.8 Å². The highest BCUT2D eigenvalue weighted by Gasteiger charge is 2.12. The fourth-order valence-corrected chi connectivity index (χ4v) is 3.68. The van der Waals surface area contributed by atoms with Crippen molar-refractivity contribution < 1.29 is 19.0 Å². The summed E-state index contributed by atoms with van der Waals surface area (Å²) in [5.41, 5.74) is 2.05. The van der Waals surface area contributed by atoms with Crippen LogP contribution in [0.25, 0.3) is 0 Å². The summed E-state index contributed by atoms with van der Waals surface area (Å²) in [4.78, 5) is 13.4. The molecule has 0 spiro atoms. The predicted octanol–water partition coefficient (Wildman–Crippen LogP) is 3.98. The summed E-state index contributed by atoms with van der Waals surface area (Å²) in [7, 11) is 4.74. The van der Waals surface area contributed by atoms with Gasteiger partial charge in [-0.2, -0.15) is 0 Å². The molecule has 0 aromatic heterocycles. The van der Waals surface area contributed by atoms with Crippen LogP contribution in [0.3, 0.4) is 0 Å². The Bertz CT molecular complexity index is 750. The maximum atomic E-state index is 12.2. The van der Waals surface area contributed by atoms with E-state index in [0.29, 0.717) is 29.5 Å². The van der Waals surface area contributed by atoms with E-state index in [4.69, 9.17) is 14.2 Å². The maximum Gasteiger partial charge on any atom is 0.230 e. The second-order valence-electron chi connectivity index (χ2n) is 5.64. The largest absolute Gasteiger partial charge is 0.496 e. The van der Waals surface area contributed by atoms with E-state index >= 15 is 0 Å². The fourth-order valence-electron chi connectivity index (χ4n) is 2.46. The van der Waals surface area contributed by atoms with Crippen molar-refractivity contribution in [1.29, 1.82) is 0 Å². The van der Waals surface area contributed by atoms with Crippen molar-refractivity contribution in [3.05, 3.63) is 47.5 Å². The molecule has 0 atom stereocenters. The van der Waals surface area contributed by atoms with Gasteiger partial charge in [0.1, 0.15) is 5.75 Å². The normalized spacial score (nSPS) is 10.4. The molecule has 1 N–H and O–H groups in total. The summed E-state index contributed by atoms with van der Waals surface area (Å²) in [5, 5.41) is 2.93. The van der Waals surface area contributed by atoms with Crippen molar-refractivity contribution >= 4 is 29.4 Å². The minimum absolute atomic E-state index is 0.0161. The van der Waals surface area contributed by atoms with Crippen molar-refractivity contribution in [3.63, 3.8) is 0 Å². The number of methoxy groups -OCH3 is 3. The molecular weight excluding hydrogens is 382 g/mol. The van der Waals surface area contributed by atoms with Crippen LogP contribution in [-0.2, 0) is 17.1 Å². The number of benzene rings is 2. The molecule has 7 heteroatoms. The standard InChI is InChI=1S/C20H25NO4S2/c1-23-17-10-19(25-3)18(24-2)9-15(17)11-21-20(22)13-27-12-14-5-7-16(26-4)8-6-14/h5-10H,11-13H2,1-4H3,(H,21,22). The molecular formula is C20H25NO4S2. The highest BCUT2D eigenvalue weighted by molar-refractivity contribution is 7.99. The van der Waals surface area contributed by atoms with Crippen LogP contribution in [-0.4, -0.2) is 39.2 Å². The third-order valence-electron chi connectivity index (χ3n) is 3.92. The van der Waals surface area contributed by atoms with Gasteiger partial charge in [-0.25, -0.2) is 0 Å². The summed E-state index contributed by atoms with van der Waals surface area (Å²) in [5.74, 6) is 3.03. The molecule has 0 fully saturated rings. The molecule has 0 aliphatic carbocycles. The number of rotatable bonds is 10. The first-order valence-corrected chi connectivity index (χ1v) is 10.8. The van der Waals surface area contributed by atoms with Crippen LogP contribution >= 0.6 is 23.5 Å². The average molecular weight is 408 g/mol. The van der Waals surface area contributed by atoms with Gasteiger partial charge in [-0.15, -0.1) is 23.5 Å². The SMILES string of the molecule is COc1cc(OC)c(OC)cc1CNC(=O)CSCc1ccc(SC)cc1. The number of thioether (sulfide) groups is 2. The molecule has 2 rings (SSSR count). The first-order chi connectivity index (χ1) is 13.1. The Labute approximate surface area is 169 Å². The Morgan fingerprint density at radius 1 is 0.963 bits per heavy atom. The highest BCUT2D eigenvalue weighted by Crippen LogP contribution is 2.34. The van der Waals surface area contributed by atoms with Crippen molar-refractivity contribution in [3.8, 4) is 17.2 Å². The van der Waals surface area contributed by atoms with Crippen LogP contribution in [0.1, 0.15) is 11.1 Å². The Kier molecular flexibility index (Phi) is 8.67. The summed E-state index contributed by atoms with van der Waals surface area (Å²) in [6, 6.07) is 12.0. The lowest BCUT2D eigenvalue weighted by Gasteiger charge is -2.14. The van der Waals surface area contributed by atoms with Crippen LogP contribution in [0.2, 0.25) is 0 Å². The molecule has 2 aromatic rings. The van der Waals surface area contributed by atoms with Crippen LogP contribution < -0.4 is 19.5 Å². The predicted molar refractivity (Wildman–Crippen MR) is 112 cm³/mol. The average Bonchev–Trinajstić information content (AvgIpc) is 2.71. The second kappa shape index (κ2) is 11.0. The zero-order valence-corrected chi connectivity index (χ0v) is 17.7. The number of amides is 1. The topological polar surface area (TPSA) is 56.8 Å². The van der Waals surface area contributed by atoms with Gasteiger partial charge in [-0.1, -0.05) is 12.1 Å². The van der Waals surface area contributed by atoms with Gasteiger partial charge < -0.3 is 19.5 Å². The Hall–Kier alpha value is -1.99. The monoisotopic (exact) mass is 407 g/mol. The minimum Gasteiger partial charge on any atom is -0.496 e. The number of carbonyl (C=O) groups is 1. The molecule has 1 amide bonds. The Balaban J connectivity index is 1.85. The summed E-state index contributed by atoms with van der Waals surface area (Å²) < 4.78 is 16.0. The third kappa shape index (κ3) is 6.29. The number of hydrogen-bond donors (Lipinski definition) is 1. The summed E-state index contributed by atoms with van der Waals surface area (Å²) in [6.45, 7) is 0.366. The molecule has 0 aliphatic rings. The van der Waals surface area contributed by atoms with E-state index < -0.39 is 0 Å². The number of hydrogen-bond acceptors (Lipinski definition) is 6. The molecule has 0 saturated carbocycles. The van der Waals surface area contributed by atoms with E-state index in [1.165, 1.54) is 10.5 Å². The lowest BCUT2D eigenvalue weighted by Crippen LogP contribution is -2.25. The van der Waals surface area contributed by atoms with Crippen LogP contribution in [0.5, 0.6) is 17.2 Å². The van der Waals surface area contributed by atoms with Gasteiger partial charge >= 0.3 is 0 Å². The van der Waals surface area contributed by atoms with Crippen molar-refractivity contribution in [2.45, 2.75) is 17.2 Å². The van der Waals surface area contributed by atoms with Gasteiger partial charge in [0.25, 0.3) is 0 Å². The Morgan fingerprint density at radius 3 is 2.19 bits per heavy atom. The zero-order chi connectivity index (χ0) is 19.6. The van der Waals surface area contributed by atoms with Gasteiger partial charge in [0.2, 0.25) is 5.91 Å². The fraction of sp³-hybridized carbons (Fsp3) is 0.350.